The van der Waals surface area contributed by atoms with Crippen LogP contribution in [0.15, 0.2) is 151 Å². The second-order valence-corrected chi connectivity index (χ2v) is 16.7. The van der Waals surface area contributed by atoms with Crippen molar-refractivity contribution in [1.82, 2.24) is 4.72 Å². The van der Waals surface area contributed by atoms with Gasteiger partial charge in [-0.2, -0.15) is 17.9 Å². The van der Waals surface area contributed by atoms with E-state index in [9.17, 15) is 31.8 Å². The van der Waals surface area contributed by atoms with Crippen LogP contribution in [0.3, 0.4) is 0 Å². The molecule has 7 aromatic carbocycles. The van der Waals surface area contributed by atoms with Gasteiger partial charge in [0.1, 0.15) is 23.9 Å². The van der Waals surface area contributed by atoms with Crippen molar-refractivity contribution in [2.45, 2.75) is 50.4 Å². The van der Waals surface area contributed by atoms with Crippen LogP contribution in [0.2, 0.25) is 0 Å². The third kappa shape index (κ3) is 8.27. The zero-order valence-corrected chi connectivity index (χ0v) is 32.7. The molecule has 0 fully saturated rings. The number of alkyl halides is 3. The van der Waals surface area contributed by atoms with Crippen molar-refractivity contribution in [2.24, 2.45) is 4.99 Å². The van der Waals surface area contributed by atoms with E-state index in [1.54, 1.807) is 60.7 Å². The monoisotopic (exact) mass is 802 g/mol. The van der Waals surface area contributed by atoms with Crippen molar-refractivity contribution in [3.8, 4) is 28.4 Å². The highest BCUT2D eigenvalue weighted by atomic mass is 32.2. The first-order valence-corrected chi connectivity index (χ1v) is 20.0. The van der Waals surface area contributed by atoms with Crippen molar-refractivity contribution in [3.05, 3.63) is 173 Å². The molecule has 2 atom stereocenters. The van der Waals surface area contributed by atoms with Gasteiger partial charge in [0.15, 0.2) is 0 Å². The number of hydrogen-bond acceptors (Lipinski definition) is 6. The smallest absolute Gasteiger partial charge is 0.507 e. The molecule has 296 valence electrons. The quantitative estimate of drug-likeness (QED) is 0.113. The van der Waals surface area contributed by atoms with E-state index in [0.29, 0.717) is 28.0 Å². The molecule has 7 nitrogen and oxygen atoms in total. The second-order valence-electron chi connectivity index (χ2n) is 15.0. The zero-order valence-electron chi connectivity index (χ0n) is 31.9. The third-order valence-corrected chi connectivity index (χ3v) is 11.3. The molecule has 58 heavy (non-hydrogen) atoms. The molecular weight excluding hydrogens is 762 g/mol. The Bertz CT molecular complexity index is 2730. The van der Waals surface area contributed by atoms with Crippen LogP contribution in [0, 0.1) is 0 Å². The summed E-state index contributed by atoms with van der Waals surface area (Å²) in [5, 5.41) is 26.8. The fourth-order valence-electron chi connectivity index (χ4n) is 7.05. The molecule has 0 heterocycles. The topological polar surface area (TPSA) is 108 Å². The van der Waals surface area contributed by atoms with E-state index in [0.717, 1.165) is 27.1 Å². The van der Waals surface area contributed by atoms with Gasteiger partial charge in [-0.3, -0.25) is 4.99 Å². The number of fused-ring (bicyclic) bond motifs is 2. The molecule has 0 spiro atoms. The molecule has 0 amide bonds. The number of benzene rings is 7. The number of aliphatic imine (C=N–C) groups is 1. The fourth-order valence-corrected chi connectivity index (χ4v) is 7.79. The van der Waals surface area contributed by atoms with Crippen molar-refractivity contribution < 1.29 is 36.5 Å². The summed E-state index contributed by atoms with van der Waals surface area (Å²) in [6.07, 6.45) is 1.36. The maximum atomic E-state index is 13.8. The third-order valence-electron chi connectivity index (χ3n) is 10.1. The summed E-state index contributed by atoms with van der Waals surface area (Å²) in [7, 11) is -5.81. The number of nitrogens with one attached hydrogen (secondary N) is 1. The number of nitrogens with zero attached hydrogens (tertiary/aromatic N) is 1. The van der Waals surface area contributed by atoms with E-state index in [1.807, 2.05) is 98.3 Å². The molecule has 7 aromatic rings. The SMILES string of the molecule is CC(C)(C)c1cc(C=N[C@H](c2ccccc2)[C@H](NS(=O)(=O)C(F)(F)F)c2ccccc2)c(O)c(COc2ccc3ccccc3c2-c2c(O)ccc3ccccc23)c1. The largest absolute Gasteiger partial charge is 0.511 e. The maximum Gasteiger partial charge on any atom is 0.511 e. The van der Waals surface area contributed by atoms with Crippen LogP contribution >= 0.6 is 0 Å². The van der Waals surface area contributed by atoms with E-state index in [1.165, 1.54) is 18.3 Å². The Morgan fingerprint density at radius 3 is 1.86 bits per heavy atom. The van der Waals surface area contributed by atoms with Crippen molar-refractivity contribution >= 4 is 37.8 Å². The molecule has 0 aromatic heterocycles. The van der Waals surface area contributed by atoms with Crippen molar-refractivity contribution in [3.63, 3.8) is 0 Å². The van der Waals surface area contributed by atoms with Gasteiger partial charge in [-0.1, -0.05) is 142 Å². The van der Waals surface area contributed by atoms with Crippen molar-refractivity contribution in [1.29, 1.82) is 0 Å². The molecule has 0 bridgehead atoms. The van der Waals surface area contributed by atoms with E-state index < -0.39 is 33.0 Å². The molecule has 0 aliphatic heterocycles. The molecular formula is C47H41F3N2O5S. The fraction of sp³-hybridized carbons (Fsp3) is 0.170. The lowest BCUT2D eigenvalue weighted by atomic mass is 9.85. The highest BCUT2D eigenvalue weighted by Crippen LogP contribution is 2.46. The van der Waals surface area contributed by atoms with Crippen molar-refractivity contribution in [2.75, 3.05) is 0 Å². The summed E-state index contributed by atoms with van der Waals surface area (Å²) < 4.78 is 75.1. The summed E-state index contributed by atoms with van der Waals surface area (Å²) >= 11 is 0. The van der Waals surface area contributed by atoms with Gasteiger partial charge in [0.25, 0.3) is 0 Å². The number of phenolic OH excluding ortho intramolecular Hbond substituents is 2. The Morgan fingerprint density at radius 1 is 0.707 bits per heavy atom. The summed E-state index contributed by atoms with van der Waals surface area (Å²) in [5.74, 6) is 0.370. The van der Waals surface area contributed by atoms with Gasteiger partial charge in [-0.05, 0) is 67.9 Å². The molecule has 0 saturated heterocycles. The molecule has 11 heteroatoms. The Labute approximate surface area is 335 Å². The average Bonchev–Trinajstić information content (AvgIpc) is 3.20. The minimum Gasteiger partial charge on any atom is -0.507 e. The van der Waals surface area contributed by atoms with Crippen LogP contribution in [0.4, 0.5) is 13.2 Å². The summed E-state index contributed by atoms with van der Waals surface area (Å²) in [5.41, 5.74) is -2.56. The minimum absolute atomic E-state index is 0.0790. The van der Waals surface area contributed by atoms with Gasteiger partial charge in [-0.15, -0.1) is 0 Å². The number of hydrogen-bond donors (Lipinski definition) is 3. The first-order chi connectivity index (χ1) is 27.6. The Morgan fingerprint density at radius 2 is 1.26 bits per heavy atom. The molecule has 7 rings (SSSR count). The number of halogens is 3. The van der Waals surface area contributed by atoms with Gasteiger partial charge in [0.2, 0.25) is 0 Å². The average molecular weight is 803 g/mol. The molecule has 0 radical (unpaired) electrons. The van der Waals surface area contributed by atoms with Crippen LogP contribution in [0.5, 0.6) is 17.2 Å². The number of ether oxygens (including phenoxy) is 1. The first kappa shape index (κ1) is 40.0. The molecule has 0 saturated carbocycles. The molecule has 0 unspecified atom stereocenters. The second kappa shape index (κ2) is 16.0. The molecule has 3 N–H and O–H groups in total. The van der Waals surface area contributed by atoms with E-state index in [2.05, 4.69) is 0 Å². The lowest BCUT2D eigenvalue weighted by Gasteiger charge is -2.27. The number of aromatic hydroxyl groups is 2. The lowest BCUT2D eigenvalue weighted by Crippen LogP contribution is -2.40. The van der Waals surface area contributed by atoms with Gasteiger partial charge < -0.3 is 14.9 Å². The number of sulfonamides is 1. The Balaban J connectivity index is 1.33. The van der Waals surface area contributed by atoms with E-state index in [-0.39, 0.29) is 29.2 Å². The maximum absolute atomic E-state index is 13.8. The van der Waals surface area contributed by atoms with Crippen LogP contribution in [-0.2, 0) is 22.0 Å². The Kier molecular flexibility index (Phi) is 11.0. The van der Waals surface area contributed by atoms with Gasteiger partial charge in [-0.25, -0.2) is 8.42 Å². The van der Waals surface area contributed by atoms with Gasteiger partial charge >= 0.3 is 15.5 Å². The number of phenols is 2. The highest BCUT2D eigenvalue weighted by molar-refractivity contribution is 7.90. The summed E-state index contributed by atoms with van der Waals surface area (Å²) in [4.78, 5) is 4.73. The van der Waals surface area contributed by atoms with E-state index >= 15 is 0 Å². The first-order valence-electron chi connectivity index (χ1n) is 18.6. The number of rotatable bonds is 11. The lowest BCUT2D eigenvalue weighted by molar-refractivity contribution is -0.0451. The zero-order chi connectivity index (χ0) is 41.2. The molecule has 0 aliphatic carbocycles. The van der Waals surface area contributed by atoms with Crippen LogP contribution in [0.25, 0.3) is 32.7 Å². The molecule has 0 aliphatic rings. The van der Waals surface area contributed by atoms with Crippen LogP contribution in [-0.4, -0.2) is 30.4 Å². The standard InChI is InChI=1S/C47H41F3N2O5S/c1-46(2,3)36-26-34(28-51-43(32-16-6-4-7-17-32)44(33-18-8-5-9-19-33)52-58(55,56)47(48,49)50)45(54)35(27-36)29-57-40-25-23-31-15-11-13-21-38(31)42(40)41-37-20-12-10-14-30(37)22-24-39(41)53/h4-28,43-44,52-54H,29H2,1-3H3/t43-,44-/m1/s1. The summed E-state index contributed by atoms with van der Waals surface area (Å²) in [6.45, 7) is 5.90. The highest BCUT2D eigenvalue weighted by Gasteiger charge is 2.48. The minimum atomic E-state index is -5.81. The predicted molar refractivity (Wildman–Crippen MR) is 224 cm³/mol. The predicted octanol–water partition coefficient (Wildman–Crippen LogP) is 11.3. The van der Waals surface area contributed by atoms with Gasteiger partial charge in [0.05, 0.1) is 12.1 Å². The normalized spacial score (nSPS) is 13.6. The van der Waals surface area contributed by atoms with Gasteiger partial charge in [0, 0.05) is 28.5 Å². The Hall–Kier alpha value is -6.17. The van der Waals surface area contributed by atoms with Crippen LogP contribution < -0.4 is 9.46 Å². The van der Waals surface area contributed by atoms with Crippen LogP contribution in [0.1, 0.15) is 60.7 Å². The van der Waals surface area contributed by atoms with E-state index in [4.69, 9.17) is 9.73 Å². The summed E-state index contributed by atoms with van der Waals surface area (Å²) in [6, 6.07) is 40.1.